The molecule has 0 heterocycles. The van der Waals surface area contributed by atoms with E-state index in [1.807, 2.05) is 13.8 Å². The first kappa shape index (κ1) is 22.9. The van der Waals surface area contributed by atoms with Gasteiger partial charge in [0.25, 0.3) is 0 Å². The zero-order chi connectivity index (χ0) is 14.4. The molecule has 22 heavy (non-hydrogen) atoms. The summed E-state index contributed by atoms with van der Waals surface area (Å²) in [6.45, 7) is 7.37. The molecule has 4 saturated carbocycles. The van der Waals surface area contributed by atoms with E-state index in [-0.39, 0.29) is 35.4 Å². The molecule has 4 aliphatic rings. The Morgan fingerprint density at radius 2 is 1.41 bits per heavy atom. The van der Waals surface area contributed by atoms with Crippen LogP contribution in [0.25, 0.3) is 0 Å². The van der Waals surface area contributed by atoms with Crippen molar-refractivity contribution < 1.29 is 1.43 Å². The molecule has 0 amide bonds. The van der Waals surface area contributed by atoms with Crippen LogP contribution in [0, 0.1) is 23.2 Å². The smallest absolute Gasteiger partial charge is 0.000811 e. The molecule has 4 fully saturated rings. The molecule has 0 atom stereocenters. The number of hydrogen-bond acceptors (Lipinski definition) is 2. The average Bonchev–Trinajstić information content (AvgIpc) is 2.43. The normalized spacial score (nSPS) is 34.2. The third kappa shape index (κ3) is 6.07. The van der Waals surface area contributed by atoms with Gasteiger partial charge in [0, 0.05) is 7.97 Å². The van der Waals surface area contributed by atoms with Gasteiger partial charge < -0.3 is 11.1 Å². The highest BCUT2D eigenvalue weighted by atomic mass is 79.9. The van der Waals surface area contributed by atoms with E-state index in [4.69, 9.17) is 5.73 Å². The van der Waals surface area contributed by atoms with Gasteiger partial charge in [-0.2, -0.15) is 0 Å². The van der Waals surface area contributed by atoms with Gasteiger partial charge in [-0.3, -0.25) is 0 Å². The third-order valence-electron chi connectivity index (χ3n) is 5.72. The van der Waals surface area contributed by atoms with Crippen molar-refractivity contribution in [1.29, 1.82) is 0 Å². The van der Waals surface area contributed by atoms with Crippen molar-refractivity contribution in [2.45, 2.75) is 71.6 Å². The number of unbranched alkanes of at least 4 members (excludes halogenated alkanes) is 2. The fraction of sp³-hybridized carbons (Fsp3) is 1.00. The monoisotopic (exact) mass is 442 g/mol. The number of nitrogens with two attached hydrogens (primary N) is 1. The van der Waals surface area contributed by atoms with Gasteiger partial charge in [-0.1, -0.05) is 20.3 Å². The molecule has 0 unspecified atom stereocenters. The predicted octanol–water partition coefficient (Wildman–Crippen LogP) is 5.35. The molecule has 4 bridgehead atoms. The molecule has 136 valence electrons. The van der Waals surface area contributed by atoms with Crippen LogP contribution in [0.5, 0.6) is 0 Å². The number of hydrogen-bond donors (Lipinski definition) is 2. The first-order valence-electron chi connectivity index (χ1n) is 9.20. The Balaban J connectivity index is 0. The summed E-state index contributed by atoms with van der Waals surface area (Å²) in [5.74, 6) is 3.28. The second kappa shape index (κ2) is 11.4. The van der Waals surface area contributed by atoms with Crippen LogP contribution < -0.4 is 11.1 Å². The summed E-state index contributed by atoms with van der Waals surface area (Å²) >= 11 is 0. The van der Waals surface area contributed by atoms with Crippen LogP contribution in [0.15, 0.2) is 0 Å². The first-order chi connectivity index (χ1) is 9.80. The van der Waals surface area contributed by atoms with Gasteiger partial charge >= 0.3 is 0 Å². The van der Waals surface area contributed by atoms with Crippen LogP contribution in [0.2, 0.25) is 0 Å². The van der Waals surface area contributed by atoms with E-state index in [1.165, 1.54) is 51.6 Å². The lowest BCUT2D eigenvalue weighted by Gasteiger charge is -2.57. The van der Waals surface area contributed by atoms with Crippen molar-refractivity contribution in [3.63, 3.8) is 0 Å². The zero-order valence-electron chi connectivity index (χ0n) is 14.6. The minimum Gasteiger partial charge on any atom is -0.330 e. The number of nitrogens with one attached hydrogen (secondary N) is 1. The minimum atomic E-state index is 0. The topological polar surface area (TPSA) is 38.0 Å². The Labute approximate surface area is 160 Å². The van der Waals surface area contributed by atoms with Gasteiger partial charge in [0.05, 0.1) is 0 Å². The molecule has 0 aromatic rings. The summed E-state index contributed by atoms with van der Waals surface area (Å²) in [7, 11) is 0. The quantitative estimate of drug-likeness (QED) is 0.520. The summed E-state index contributed by atoms with van der Waals surface area (Å²) in [4.78, 5) is 0. The SMILES string of the molecule is Br.Br.CC.NCCCCCNCC12CC3CC(CC(C3)C1)C2.[HH]. The van der Waals surface area contributed by atoms with Crippen LogP contribution in [-0.4, -0.2) is 19.6 Å². The standard InChI is InChI=1S/C16H30N2.C2H6.2BrH.H2/c17-4-2-1-3-5-18-12-16-9-13-6-14(10-16)8-15(7-13)11-16;1-2;;;/h13-15,18H,1-12,17H2;1-2H3;3*1H. The van der Waals surface area contributed by atoms with E-state index in [1.54, 1.807) is 19.3 Å². The van der Waals surface area contributed by atoms with Gasteiger partial charge in [-0.15, -0.1) is 34.0 Å². The molecule has 2 nitrogen and oxygen atoms in total. The maximum absolute atomic E-state index is 5.53. The van der Waals surface area contributed by atoms with Crippen molar-refractivity contribution in [3.8, 4) is 0 Å². The maximum Gasteiger partial charge on any atom is 0.000811 e. The second-order valence-electron chi connectivity index (χ2n) is 7.44. The van der Waals surface area contributed by atoms with Crippen molar-refractivity contribution in [2.75, 3.05) is 19.6 Å². The van der Waals surface area contributed by atoms with Crippen molar-refractivity contribution in [3.05, 3.63) is 0 Å². The molecular weight excluding hydrogens is 404 g/mol. The zero-order valence-corrected chi connectivity index (χ0v) is 18.0. The van der Waals surface area contributed by atoms with Crippen molar-refractivity contribution in [2.24, 2.45) is 28.9 Å². The molecule has 0 aromatic carbocycles. The number of halogens is 2. The van der Waals surface area contributed by atoms with E-state index >= 15 is 0 Å². The lowest BCUT2D eigenvalue weighted by Crippen LogP contribution is -2.50. The Bertz CT molecular complexity index is 255. The highest BCUT2D eigenvalue weighted by Gasteiger charge is 2.50. The summed E-state index contributed by atoms with van der Waals surface area (Å²) in [6.07, 6.45) is 13.1. The van der Waals surface area contributed by atoms with E-state index in [9.17, 15) is 0 Å². The third-order valence-corrected chi connectivity index (χ3v) is 5.72. The maximum atomic E-state index is 5.53. The van der Waals surface area contributed by atoms with Crippen LogP contribution in [0.1, 0.15) is 73.1 Å². The van der Waals surface area contributed by atoms with Crippen molar-refractivity contribution >= 4 is 34.0 Å². The summed E-state index contributed by atoms with van der Waals surface area (Å²) in [5.41, 5.74) is 6.24. The lowest BCUT2D eigenvalue weighted by atomic mass is 9.49. The highest BCUT2D eigenvalue weighted by Crippen LogP contribution is 2.59. The summed E-state index contributed by atoms with van der Waals surface area (Å²) in [6, 6.07) is 0. The first-order valence-corrected chi connectivity index (χ1v) is 9.20. The van der Waals surface area contributed by atoms with Gasteiger partial charge in [-0.25, -0.2) is 0 Å². The molecule has 0 aromatic heterocycles. The summed E-state index contributed by atoms with van der Waals surface area (Å²) < 4.78 is 0. The fourth-order valence-corrected chi connectivity index (χ4v) is 5.43. The second-order valence-corrected chi connectivity index (χ2v) is 7.44. The van der Waals surface area contributed by atoms with E-state index in [0.717, 1.165) is 24.3 Å². The van der Waals surface area contributed by atoms with Gasteiger partial charge in [-0.05, 0) is 87.6 Å². The Morgan fingerprint density at radius 3 is 1.86 bits per heavy atom. The van der Waals surface area contributed by atoms with Crippen molar-refractivity contribution in [1.82, 2.24) is 5.32 Å². The minimum absolute atomic E-state index is 0. The van der Waals surface area contributed by atoms with E-state index in [2.05, 4.69) is 5.32 Å². The Hall–Kier alpha value is 0.880. The molecular formula is C18H40Br2N2. The highest BCUT2D eigenvalue weighted by molar-refractivity contribution is 8.93. The van der Waals surface area contributed by atoms with Crippen LogP contribution >= 0.6 is 34.0 Å². The molecule has 0 spiro atoms. The van der Waals surface area contributed by atoms with E-state index < -0.39 is 0 Å². The van der Waals surface area contributed by atoms with E-state index in [0.29, 0.717) is 5.41 Å². The molecule has 4 heteroatoms. The Morgan fingerprint density at radius 1 is 0.909 bits per heavy atom. The molecule has 4 rings (SSSR count). The number of rotatable bonds is 7. The lowest BCUT2D eigenvalue weighted by molar-refractivity contribution is -0.0512. The molecule has 3 N–H and O–H groups in total. The van der Waals surface area contributed by atoms with Gasteiger partial charge in [0.15, 0.2) is 0 Å². The van der Waals surface area contributed by atoms with Crippen LogP contribution in [0.4, 0.5) is 0 Å². The molecule has 0 radical (unpaired) electrons. The molecule has 0 aliphatic heterocycles. The van der Waals surface area contributed by atoms with Gasteiger partial charge in [0.2, 0.25) is 0 Å². The average molecular weight is 444 g/mol. The molecule has 4 aliphatic carbocycles. The predicted molar refractivity (Wildman–Crippen MR) is 110 cm³/mol. The Kier molecular flexibility index (Phi) is 11.9. The van der Waals surface area contributed by atoms with Crippen LogP contribution in [-0.2, 0) is 0 Å². The largest absolute Gasteiger partial charge is 0.330 e. The summed E-state index contributed by atoms with van der Waals surface area (Å²) in [5, 5.41) is 3.76. The molecule has 0 saturated heterocycles. The van der Waals surface area contributed by atoms with Gasteiger partial charge in [0.1, 0.15) is 0 Å². The fourth-order valence-electron chi connectivity index (χ4n) is 5.43. The van der Waals surface area contributed by atoms with Crippen LogP contribution in [0.3, 0.4) is 0 Å².